The summed E-state index contributed by atoms with van der Waals surface area (Å²) in [6, 6.07) is 6.03. The monoisotopic (exact) mass is 337 g/mol. The lowest BCUT2D eigenvalue weighted by molar-refractivity contribution is 0.0652. The Bertz CT molecular complexity index is 788. The normalized spacial score (nSPS) is 15.4. The molecule has 1 fully saturated rings. The quantitative estimate of drug-likeness (QED) is 0.846. The van der Waals surface area contributed by atoms with E-state index in [2.05, 4.69) is 9.97 Å². The molecule has 1 aromatic heterocycles. The van der Waals surface area contributed by atoms with Crippen LogP contribution in [-0.4, -0.2) is 47.5 Å². The molecule has 22 heavy (non-hydrogen) atoms. The third-order valence-corrected chi connectivity index (χ3v) is 5.86. The summed E-state index contributed by atoms with van der Waals surface area (Å²) in [5.41, 5.74) is 0.213. The number of hydrogen-bond donors (Lipinski definition) is 0. The smallest absolute Gasteiger partial charge is 0.274 e. The molecule has 0 unspecified atom stereocenters. The molecule has 0 spiro atoms. The van der Waals surface area contributed by atoms with E-state index in [9.17, 15) is 13.2 Å². The summed E-state index contributed by atoms with van der Waals surface area (Å²) in [5.74, 6) is -0.310. The molecule has 6 nitrogen and oxygen atoms in total. The first-order valence-electron chi connectivity index (χ1n) is 6.53. The van der Waals surface area contributed by atoms with E-state index in [1.165, 1.54) is 47.8 Å². The number of rotatable bonds is 3. The van der Waals surface area contributed by atoms with Crippen LogP contribution >= 0.6 is 11.6 Å². The van der Waals surface area contributed by atoms with Crippen molar-refractivity contribution in [2.75, 3.05) is 13.1 Å². The predicted octanol–water partition coefficient (Wildman–Crippen LogP) is 1.43. The molecular weight excluding hydrogens is 326 g/mol. The van der Waals surface area contributed by atoms with Crippen molar-refractivity contribution in [3.05, 3.63) is 53.6 Å². The molecule has 0 aliphatic carbocycles. The highest BCUT2D eigenvalue weighted by Gasteiger charge is 2.41. The van der Waals surface area contributed by atoms with Crippen molar-refractivity contribution in [2.45, 2.75) is 10.1 Å². The Morgan fingerprint density at radius 1 is 1.18 bits per heavy atom. The maximum atomic E-state index is 12.4. The molecular formula is C14H12ClN3O3S. The minimum Gasteiger partial charge on any atom is -0.334 e. The van der Waals surface area contributed by atoms with Crippen LogP contribution in [-0.2, 0) is 9.84 Å². The fourth-order valence-electron chi connectivity index (χ4n) is 2.19. The zero-order valence-electron chi connectivity index (χ0n) is 11.4. The Labute approximate surface area is 132 Å². The second-order valence-electron chi connectivity index (χ2n) is 4.92. The molecule has 0 bridgehead atoms. The van der Waals surface area contributed by atoms with Gasteiger partial charge in [-0.05, 0) is 24.3 Å². The number of carbonyl (C=O) groups excluding carboxylic acids is 1. The standard InChI is InChI=1S/C14H12ClN3O3S/c15-10-1-3-11(4-2-10)22(20,21)12-8-18(9-12)14(19)13-7-16-5-6-17-13/h1-7,12H,8-9H2. The first-order chi connectivity index (χ1) is 10.5. The van der Waals surface area contributed by atoms with Crippen LogP contribution < -0.4 is 0 Å². The van der Waals surface area contributed by atoms with Gasteiger partial charge in [-0.3, -0.25) is 9.78 Å². The third-order valence-electron chi connectivity index (χ3n) is 3.50. The van der Waals surface area contributed by atoms with Crippen molar-refractivity contribution < 1.29 is 13.2 Å². The van der Waals surface area contributed by atoms with Crippen molar-refractivity contribution in [1.82, 2.24) is 14.9 Å². The Morgan fingerprint density at radius 2 is 1.86 bits per heavy atom. The van der Waals surface area contributed by atoms with E-state index in [1.54, 1.807) is 0 Å². The number of halogens is 1. The molecule has 0 saturated carbocycles. The zero-order valence-corrected chi connectivity index (χ0v) is 13.0. The predicted molar refractivity (Wildman–Crippen MR) is 80.4 cm³/mol. The fourth-order valence-corrected chi connectivity index (χ4v) is 3.97. The van der Waals surface area contributed by atoms with Gasteiger partial charge in [-0.2, -0.15) is 0 Å². The average molecular weight is 338 g/mol. The van der Waals surface area contributed by atoms with Gasteiger partial charge in [0.1, 0.15) is 10.9 Å². The van der Waals surface area contributed by atoms with E-state index in [4.69, 9.17) is 11.6 Å². The Morgan fingerprint density at radius 3 is 2.45 bits per heavy atom. The van der Waals surface area contributed by atoms with Gasteiger partial charge < -0.3 is 4.90 Å². The van der Waals surface area contributed by atoms with Crippen molar-refractivity contribution in [3.8, 4) is 0 Å². The summed E-state index contributed by atoms with van der Waals surface area (Å²) >= 11 is 5.76. The number of amides is 1. The lowest BCUT2D eigenvalue weighted by Gasteiger charge is -2.38. The second-order valence-corrected chi connectivity index (χ2v) is 7.59. The molecule has 1 amide bonds. The average Bonchev–Trinajstić information content (AvgIpc) is 2.46. The first-order valence-corrected chi connectivity index (χ1v) is 8.45. The van der Waals surface area contributed by atoms with Crippen molar-refractivity contribution >= 4 is 27.3 Å². The number of hydrogen-bond acceptors (Lipinski definition) is 5. The maximum Gasteiger partial charge on any atom is 0.274 e. The molecule has 0 N–H and O–H groups in total. The van der Waals surface area contributed by atoms with Gasteiger partial charge in [-0.25, -0.2) is 13.4 Å². The van der Waals surface area contributed by atoms with E-state index in [0.717, 1.165) is 0 Å². The van der Waals surface area contributed by atoms with Crippen molar-refractivity contribution in [2.24, 2.45) is 0 Å². The summed E-state index contributed by atoms with van der Waals surface area (Å²) in [7, 11) is -3.46. The molecule has 1 aliphatic rings. The lowest BCUT2D eigenvalue weighted by Crippen LogP contribution is -2.57. The summed E-state index contributed by atoms with van der Waals surface area (Å²) in [6.45, 7) is 0.306. The Kier molecular flexibility index (Phi) is 3.84. The van der Waals surface area contributed by atoms with Crippen LogP contribution in [0.25, 0.3) is 0 Å². The molecule has 0 radical (unpaired) electrons. The van der Waals surface area contributed by atoms with E-state index in [0.29, 0.717) is 5.02 Å². The highest BCUT2D eigenvalue weighted by atomic mass is 35.5. The van der Waals surface area contributed by atoms with Crippen LogP contribution in [0.5, 0.6) is 0 Å². The maximum absolute atomic E-state index is 12.4. The van der Waals surface area contributed by atoms with Gasteiger partial charge in [0.25, 0.3) is 5.91 Å². The summed E-state index contributed by atoms with van der Waals surface area (Å²) in [6.07, 6.45) is 4.26. The van der Waals surface area contributed by atoms with Crippen LogP contribution in [0, 0.1) is 0 Å². The van der Waals surface area contributed by atoms with E-state index in [-0.39, 0.29) is 29.6 Å². The van der Waals surface area contributed by atoms with Gasteiger partial charge in [0.05, 0.1) is 11.1 Å². The molecule has 114 valence electrons. The highest BCUT2D eigenvalue weighted by Crippen LogP contribution is 2.25. The molecule has 0 atom stereocenters. The summed E-state index contributed by atoms with van der Waals surface area (Å²) in [5, 5.41) is -0.124. The Balaban J connectivity index is 1.70. The second kappa shape index (κ2) is 5.66. The number of carbonyl (C=O) groups is 1. The minimum atomic E-state index is -3.46. The van der Waals surface area contributed by atoms with E-state index < -0.39 is 15.1 Å². The molecule has 1 aliphatic heterocycles. The number of aromatic nitrogens is 2. The molecule has 8 heteroatoms. The number of likely N-dealkylation sites (tertiary alicyclic amines) is 1. The van der Waals surface area contributed by atoms with Crippen molar-refractivity contribution in [3.63, 3.8) is 0 Å². The molecule has 2 heterocycles. The van der Waals surface area contributed by atoms with Crippen molar-refractivity contribution in [1.29, 1.82) is 0 Å². The van der Waals surface area contributed by atoms with Crippen LogP contribution in [0.4, 0.5) is 0 Å². The fraction of sp³-hybridized carbons (Fsp3) is 0.214. The topological polar surface area (TPSA) is 80.2 Å². The van der Waals surface area contributed by atoms with Gasteiger partial charge in [0.2, 0.25) is 0 Å². The lowest BCUT2D eigenvalue weighted by atomic mass is 10.2. The highest BCUT2D eigenvalue weighted by molar-refractivity contribution is 7.92. The largest absolute Gasteiger partial charge is 0.334 e. The van der Waals surface area contributed by atoms with E-state index >= 15 is 0 Å². The Hall–Kier alpha value is -1.99. The van der Waals surface area contributed by atoms with Gasteiger partial charge in [0, 0.05) is 30.5 Å². The zero-order chi connectivity index (χ0) is 15.7. The first kappa shape index (κ1) is 14.9. The van der Waals surface area contributed by atoms with E-state index in [1.807, 2.05) is 0 Å². The third kappa shape index (κ3) is 2.69. The molecule has 3 rings (SSSR count). The van der Waals surface area contributed by atoms with Gasteiger partial charge >= 0.3 is 0 Å². The van der Waals surface area contributed by atoms with Crippen LogP contribution in [0.3, 0.4) is 0 Å². The van der Waals surface area contributed by atoms with Crippen LogP contribution in [0.2, 0.25) is 5.02 Å². The van der Waals surface area contributed by atoms with Gasteiger partial charge in [-0.1, -0.05) is 11.6 Å². The summed E-state index contributed by atoms with van der Waals surface area (Å²) in [4.78, 5) is 21.5. The molecule has 2 aromatic rings. The van der Waals surface area contributed by atoms with Crippen LogP contribution in [0.15, 0.2) is 47.8 Å². The molecule has 1 aromatic carbocycles. The van der Waals surface area contributed by atoms with Gasteiger partial charge in [-0.15, -0.1) is 0 Å². The number of sulfone groups is 1. The number of nitrogens with zero attached hydrogens (tertiary/aromatic N) is 3. The summed E-state index contributed by atoms with van der Waals surface area (Å²) < 4.78 is 24.8. The molecule has 1 saturated heterocycles. The van der Waals surface area contributed by atoms with Gasteiger partial charge in [0.15, 0.2) is 9.84 Å². The minimum absolute atomic E-state index is 0.153. The number of benzene rings is 1. The van der Waals surface area contributed by atoms with Crippen LogP contribution in [0.1, 0.15) is 10.5 Å². The SMILES string of the molecule is O=C(c1cnccn1)N1CC(S(=O)(=O)c2ccc(Cl)cc2)C1.